The van der Waals surface area contributed by atoms with Crippen molar-refractivity contribution >= 4 is 23.6 Å². The van der Waals surface area contributed by atoms with Crippen LogP contribution in [0.25, 0.3) is 10.7 Å². The van der Waals surface area contributed by atoms with Crippen molar-refractivity contribution in [1.82, 2.24) is 19.7 Å². The van der Waals surface area contributed by atoms with Gasteiger partial charge >= 0.3 is 0 Å². The third-order valence-electron chi connectivity index (χ3n) is 4.05. The second-order valence-corrected chi connectivity index (χ2v) is 6.88. The summed E-state index contributed by atoms with van der Waals surface area (Å²) in [6.07, 6.45) is 4.81. The molecule has 0 bridgehead atoms. The van der Waals surface area contributed by atoms with Gasteiger partial charge in [-0.25, -0.2) is 4.98 Å². The zero-order valence-corrected chi connectivity index (χ0v) is 13.8. The van der Waals surface area contributed by atoms with Crippen LogP contribution < -0.4 is 0 Å². The van der Waals surface area contributed by atoms with Gasteiger partial charge in [-0.15, -0.1) is 11.3 Å². The Kier molecular flexibility index (Phi) is 3.77. The summed E-state index contributed by atoms with van der Waals surface area (Å²) in [5, 5.41) is 8.54. The Morgan fingerprint density at radius 1 is 1.40 bits per heavy atom. The summed E-state index contributed by atoms with van der Waals surface area (Å²) in [4.78, 5) is 6.17. The molecule has 6 heteroatoms. The predicted octanol–water partition coefficient (Wildman–Crippen LogP) is 4.38. The van der Waals surface area contributed by atoms with E-state index in [0.717, 1.165) is 18.7 Å². The maximum absolute atomic E-state index is 5.23. The van der Waals surface area contributed by atoms with Gasteiger partial charge in [0.15, 0.2) is 10.6 Å². The van der Waals surface area contributed by atoms with Crippen LogP contribution >= 0.6 is 23.6 Å². The summed E-state index contributed by atoms with van der Waals surface area (Å²) >= 11 is 7.04. The summed E-state index contributed by atoms with van der Waals surface area (Å²) in [6, 6.07) is 0. The lowest BCUT2D eigenvalue weighted by Crippen LogP contribution is -1.95. The van der Waals surface area contributed by atoms with E-state index < -0.39 is 0 Å². The number of H-pyrrole nitrogens is 1. The lowest BCUT2D eigenvalue weighted by Gasteiger charge is -2.06. The van der Waals surface area contributed by atoms with Crippen LogP contribution in [0.3, 0.4) is 0 Å². The molecule has 2 aromatic heterocycles. The molecule has 0 saturated heterocycles. The fourth-order valence-electron chi connectivity index (χ4n) is 2.51. The Morgan fingerprint density at radius 2 is 2.10 bits per heavy atom. The van der Waals surface area contributed by atoms with Crippen molar-refractivity contribution in [3.05, 3.63) is 15.5 Å². The lowest BCUT2D eigenvalue weighted by atomic mass is 10.1. The van der Waals surface area contributed by atoms with E-state index in [0.29, 0.717) is 16.6 Å². The molecule has 0 spiro atoms. The van der Waals surface area contributed by atoms with E-state index in [-0.39, 0.29) is 0 Å². The highest BCUT2D eigenvalue weighted by Gasteiger charge is 2.32. The average molecular weight is 308 g/mol. The highest BCUT2D eigenvalue weighted by Crippen LogP contribution is 2.47. The van der Waals surface area contributed by atoms with Gasteiger partial charge in [0.25, 0.3) is 0 Å². The lowest BCUT2D eigenvalue weighted by molar-refractivity contribution is 0.635. The molecule has 1 fully saturated rings. The average Bonchev–Trinajstić information content (AvgIpc) is 3.13. The minimum Gasteiger partial charge on any atom is -0.303 e. The Bertz CT molecular complexity index is 659. The van der Waals surface area contributed by atoms with Crippen LogP contribution in [-0.2, 0) is 7.05 Å². The van der Waals surface area contributed by atoms with E-state index in [1.54, 1.807) is 11.3 Å². The quantitative estimate of drug-likeness (QED) is 0.834. The van der Waals surface area contributed by atoms with Gasteiger partial charge in [-0.2, -0.15) is 5.10 Å². The van der Waals surface area contributed by atoms with Crippen LogP contribution in [0, 0.1) is 4.77 Å². The fourth-order valence-corrected chi connectivity index (χ4v) is 4.08. The van der Waals surface area contributed by atoms with E-state index in [1.807, 2.05) is 11.6 Å². The van der Waals surface area contributed by atoms with Gasteiger partial charge < -0.3 is 4.57 Å². The van der Waals surface area contributed by atoms with Crippen LogP contribution in [0.15, 0.2) is 0 Å². The standard InChI is InChI=1S/C14H20N4S2/c1-4-8(5-2)13-15-10(9-6-7-9)11(20-13)12-16-17-14(19)18(12)3/h8-9H,4-7H2,1-3H3,(H,17,19). The SMILES string of the molecule is CCC(CC)c1nc(C2CC2)c(-c2n[nH]c(=S)n2C)s1. The molecule has 0 atom stereocenters. The molecular formula is C14H20N4S2. The molecule has 1 aliphatic rings. The van der Waals surface area contributed by atoms with Crippen LogP contribution in [-0.4, -0.2) is 19.7 Å². The predicted molar refractivity (Wildman–Crippen MR) is 84.8 cm³/mol. The van der Waals surface area contributed by atoms with Crippen molar-refractivity contribution in [2.45, 2.75) is 51.4 Å². The Morgan fingerprint density at radius 3 is 2.60 bits per heavy atom. The third kappa shape index (κ3) is 2.35. The van der Waals surface area contributed by atoms with E-state index >= 15 is 0 Å². The number of nitrogens with one attached hydrogen (secondary N) is 1. The number of aromatic amines is 1. The largest absolute Gasteiger partial charge is 0.303 e. The first-order valence-electron chi connectivity index (χ1n) is 7.28. The number of hydrogen-bond donors (Lipinski definition) is 1. The van der Waals surface area contributed by atoms with Gasteiger partial charge in [-0.1, -0.05) is 13.8 Å². The molecule has 0 amide bonds. The van der Waals surface area contributed by atoms with E-state index in [2.05, 4.69) is 24.0 Å². The molecule has 0 unspecified atom stereocenters. The second kappa shape index (κ2) is 5.41. The normalized spacial score (nSPS) is 15.2. The minimum atomic E-state index is 0.568. The molecule has 0 aromatic carbocycles. The first-order chi connectivity index (χ1) is 9.65. The first-order valence-corrected chi connectivity index (χ1v) is 8.50. The molecule has 0 aliphatic heterocycles. The number of hydrogen-bond acceptors (Lipinski definition) is 4. The molecule has 3 rings (SSSR count). The molecule has 2 aromatic rings. The number of nitrogens with zero attached hydrogens (tertiary/aromatic N) is 3. The highest BCUT2D eigenvalue weighted by molar-refractivity contribution is 7.71. The molecule has 1 saturated carbocycles. The molecule has 0 radical (unpaired) electrons. The van der Waals surface area contributed by atoms with Gasteiger partial charge in [-0.3, -0.25) is 5.10 Å². The third-order valence-corrected chi connectivity index (χ3v) is 5.65. The second-order valence-electron chi connectivity index (χ2n) is 5.47. The van der Waals surface area contributed by atoms with Crippen LogP contribution in [0.5, 0.6) is 0 Å². The van der Waals surface area contributed by atoms with E-state index in [9.17, 15) is 0 Å². The van der Waals surface area contributed by atoms with Gasteiger partial charge in [-0.05, 0) is 37.9 Å². The molecule has 4 nitrogen and oxygen atoms in total. The maximum Gasteiger partial charge on any atom is 0.195 e. The summed E-state index contributed by atoms with van der Waals surface area (Å²) in [7, 11) is 1.97. The van der Waals surface area contributed by atoms with Gasteiger partial charge in [0, 0.05) is 18.9 Å². The van der Waals surface area contributed by atoms with Crippen molar-refractivity contribution < 1.29 is 0 Å². The summed E-state index contributed by atoms with van der Waals surface area (Å²) in [5.41, 5.74) is 1.24. The van der Waals surface area contributed by atoms with Crippen molar-refractivity contribution in [3.63, 3.8) is 0 Å². The van der Waals surface area contributed by atoms with Gasteiger partial charge in [0.1, 0.15) is 0 Å². The van der Waals surface area contributed by atoms with Crippen molar-refractivity contribution in [1.29, 1.82) is 0 Å². The zero-order chi connectivity index (χ0) is 14.3. The smallest absolute Gasteiger partial charge is 0.195 e. The van der Waals surface area contributed by atoms with E-state index in [4.69, 9.17) is 17.2 Å². The summed E-state index contributed by atoms with van der Waals surface area (Å²) in [6.45, 7) is 4.48. The monoisotopic (exact) mass is 308 g/mol. The summed E-state index contributed by atoms with van der Waals surface area (Å²) in [5.74, 6) is 2.14. The zero-order valence-electron chi connectivity index (χ0n) is 12.1. The minimum absolute atomic E-state index is 0.568. The highest BCUT2D eigenvalue weighted by atomic mass is 32.1. The first kappa shape index (κ1) is 13.9. The maximum atomic E-state index is 5.23. The Balaban J connectivity index is 2.09. The Hall–Kier alpha value is -1.01. The fraction of sp³-hybridized carbons (Fsp3) is 0.643. The van der Waals surface area contributed by atoms with Gasteiger partial charge in [0.2, 0.25) is 0 Å². The Labute approximate surface area is 128 Å². The number of aromatic nitrogens is 4. The van der Waals surface area contributed by atoms with Crippen LogP contribution in [0.4, 0.5) is 0 Å². The molecule has 1 aliphatic carbocycles. The number of rotatable bonds is 5. The summed E-state index contributed by atoms with van der Waals surface area (Å²) < 4.78 is 2.62. The van der Waals surface area contributed by atoms with E-state index in [1.165, 1.54) is 28.4 Å². The number of thiazole rings is 1. The molecule has 20 heavy (non-hydrogen) atoms. The van der Waals surface area contributed by atoms with Gasteiger partial charge in [0.05, 0.1) is 15.6 Å². The topological polar surface area (TPSA) is 46.5 Å². The molecule has 108 valence electrons. The molecular weight excluding hydrogens is 288 g/mol. The van der Waals surface area contributed by atoms with Crippen molar-refractivity contribution in [3.8, 4) is 10.7 Å². The van der Waals surface area contributed by atoms with Crippen LogP contribution in [0.1, 0.15) is 62.1 Å². The van der Waals surface area contributed by atoms with Crippen molar-refractivity contribution in [2.75, 3.05) is 0 Å². The van der Waals surface area contributed by atoms with Crippen molar-refractivity contribution in [2.24, 2.45) is 7.05 Å². The van der Waals surface area contributed by atoms with Crippen LogP contribution in [0.2, 0.25) is 0 Å². The molecule has 2 heterocycles. The molecule has 1 N–H and O–H groups in total.